The number of nitrogens with zero attached hydrogens (tertiary/aromatic N) is 3. The molecule has 0 amide bonds. The van der Waals surface area contributed by atoms with Gasteiger partial charge < -0.3 is 0 Å². The Morgan fingerprint density at radius 1 is 1.15 bits per heavy atom. The minimum atomic E-state index is -0.234. The van der Waals surface area contributed by atoms with Gasteiger partial charge in [-0.3, -0.25) is 4.98 Å². The van der Waals surface area contributed by atoms with Crippen LogP contribution in [-0.4, -0.2) is 15.0 Å². The zero-order chi connectivity index (χ0) is 13.8. The molecule has 2 aromatic heterocycles. The highest BCUT2D eigenvalue weighted by molar-refractivity contribution is 7.98. The maximum atomic E-state index is 12.9. The molecule has 0 bridgehead atoms. The largest absolute Gasteiger partial charge is 0.260 e. The number of hydrogen-bond acceptors (Lipinski definition) is 5. The van der Waals surface area contributed by atoms with E-state index < -0.39 is 0 Å². The summed E-state index contributed by atoms with van der Waals surface area (Å²) in [7, 11) is 0. The van der Waals surface area contributed by atoms with Crippen LogP contribution in [0.3, 0.4) is 0 Å². The number of halogens is 1. The summed E-state index contributed by atoms with van der Waals surface area (Å²) >= 11 is 3.19. The fourth-order valence-electron chi connectivity index (χ4n) is 1.63. The number of aromatic nitrogens is 3. The lowest BCUT2D eigenvalue weighted by Crippen LogP contribution is -1.84. The molecule has 0 N–H and O–H groups in total. The fraction of sp³-hybridized carbons (Fsp3) is 0.0714. The predicted octanol–water partition coefficient (Wildman–Crippen LogP) is 4.03. The van der Waals surface area contributed by atoms with Crippen molar-refractivity contribution in [2.45, 2.75) is 10.8 Å². The predicted molar refractivity (Wildman–Crippen MR) is 79.1 cm³/mol. The molecule has 3 rings (SSSR count). The van der Waals surface area contributed by atoms with E-state index in [9.17, 15) is 4.39 Å². The molecule has 0 atom stereocenters. The zero-order valence-electron chi connectivity index (χ0n) is 10.4. The molecule has 0 saturated heterocycles. The Bertz CT molecular complexity index is 683. The van der Waals surface area contributed by atoms with Gasteiger partial charge in [0.2, 0.25) is 0 Å². The van der Waals surface area contributed by atoms with Gasteiger partial charge >= 0.3 is 0 Å². The van der Waals surface area contributed by atoms with Crippen molar-refractivity contribution in [3.05, 3.63) is 59.1 Å². The summed E-state index contributed by atoms with van der Waals surface area (Å²) in [5.41, 5.74) is 1.81. The maximum Gasteiger partial charge on any atom is 0.123 e. The van der Waals surface area contributed by atoms with Crippen molar-refractivity contribution in [1.29, 1.82) is 0 Å². The van der Waals surface area contributed by atoms with E-state index in [4.69, 9.17) is 0 Å². The first-order chi connectivity index (χ1) is 9.81. The van der Waals surface area contributed by atoms with E-state index in [0.717, 1.165) is 27.0 Å². The van der Waals surface area contributed by atoms with Crippen LogP contribution in [0, 0.1) is 5.82 Å². The summed E-state index contributed by atoms with van der Waals surface area (Å²) < 4.78 is 12.9. The first kappa shape index (κ1) is 13.2. The van der Waals surface area contributed by atoms with Crippen molar-refractivity contribution in [2.24, 2.45) is 0 Å². The van der Waals surface area contributed by atoms with Crippen molar-refractivity contribution < 1.29 is 4.39 Å². The van der Waals surface area contributed by atoms with Crippen LogP contribution >= 0.6 is 23.1 Å². The van der Waals surface area contributed by atoms with Crippen LogP contribution in [0.1, 0.15) is 5.01 Å². The minimum absolute atomic E-state index is 0.234. The molecular weight excluding hydrogens is 293 g/mol. The van der Waals surface area contributed by atoms with Gasteiger partial charge in [-0.1, -0.05) is 11.8 Å². The zero-order valence-corrected chi connectivity index (χ0v) is 12.0. The lowest BCUT2D eigenvalue weighted by atomic mass is 10.2. The SMILES string of the molecule is Fc1ccc(-c2csc(CSc3cnccn3)n2)cc1. The van der Waals surface area contributed by atoms with Crippen LogP contribution in [0.15, 0.2) is 53.3 Å². The van der Waals surface area contributed by atoms with Gasteiger partial charge in [-0.15, -0.1) is 11.3 Å². The first-order valence-corrected chi connectivity index (χ1v) is 7.77. The summed E-state index contributed by atoms with van der Waals surface area (Å²) in [6, 6.07) is 6.37. The van der Waals surface area contributed by atoms with Gasteiger partial charge in [-0.05, 0) is 24.3 Å². The summed E-state index contributed by atoms with van der Waals surface area (Å²) in [6.45, 7) is 0. The summed E-state index contributed by atoms with van der Waals surface area (Å²) in [5, 5.41) is 3.88. The highest BCUT2D eigenvalue weighted by atomic mass is 32.2. The first-order valence-electron chi connectivity index (χ1n) is 5.90. The van der Waals surface area contributed by atoms with E-state index >= 15 is 0 Å². The third-order valence-electron chi connectivity index (χ3n) is 2.57. The molecule has 20 heavy (non-hydrogen) atoms. The Morgan fingerprint density at radius 3 is 2.75 bits per heavy atom. The highest BCUT2D eigenvalue weighted by Gasteiger charge is 2.06. The van der Waals surface area contributed by atoms with Gasteiger partial charge in [-0.2, -0.15) is 0 Å². The van der Waals surface area contributed by atoms with Crippen molar-refractivity contribution in [2.75, 3.05) is 0 Å². The van der Waals surface area contributed by atoms with Crippen molar-refractivity contribution >= 4 is 23.1 Å². The monoisotopic (exact) mass is 303 g/mol. The van der Waals surface area contributed by atoms with E-state index in [1.54, 1.807) is 53.8 Å². The molecule has 0 unspecified atom stereocenters. The molecule has 0 aliphatic carbocycles. The lowest BCUT2D eigenvalue weighted by molar-refractivity contribution is 0.628. The third-order valence-corrected chi connectivity index (χ3v) is 4.53. The van der Waals surface area contributed by atoms with Crippen LogP contribution in [-0.2, 0) is 5.75 Å². The topological polar surface area (TPSA) is 38.7 Å². The lowest BCUT2D eigenvalue weighted by Gasteiger charge is -1.97. The van der Waals surface area contributed by atoms with Gasteiger partial charge in [0.15, 0.2) is 0 Å². The smallest absolute Gasteiger partial charge is 0.123 e. The van der Waals surface area contributed by atoms with Crippen molar-refractivity contribution in [3.63, 3.8) is 0 Å². The Balaban J connectivity index is 1.69. The molecule has 2 heterocycles. The van der Waals surface area contributed by atoms with E-state index in [0.29, 0.717) is 0 Å². The molecular formula is C14H10FN3S2. The molecule has 1 aromatic carbocycles. The summed E-state index contributed by atoms with van der Waals surface area (Å²) in [6.07, 6.45) is 5.06. The fourth-order valence-corrected chi connectivity index (χ4v) is 3.27. The molecule has 3 aromatic rings. The van der Waals surface area contributed by atoms with Crippen molar-refractivity contribution in [3.8, 4) is 11.3 Å². The molecule has 3 nitrogen and oxygen atoms in total. The Hall–Kier alpha value is -1.79. The van der Waals surface area contributed by atoms with Crippen LogP contribution < -0.4 is 0 Å². The van der Waals surface area contributed by atoms with Gasteiger partial charge in [0.25, 0.3) is 0 Å². The van der Waals surface area contributed by atoms with E-state index in [-0.39, 0.29) is 5.82 Å². The van der Waals surface area contributed by atoms with Crippen LogP contribution in [0.25, 0.3) is 11.3 Å². The van der Waals surface area contributed by atoms with E-state index in [1.165, 1.54) is 12.1 Å². The quantitative estimate of drug-likeness (QED) is 0.682. The molecule has 0 aliphatic heterocycles. The maximum absolute atomic E-state index is 12.9. The Labute approximate surface area is 123 Å². The number of rotatable bonds is 4. The van der Waals surface area contributed by atoms with Crippen LogP contribution in [0.4, 0.5) is 4.39 Å². The number of benzene rings is 1. The molecule has 6 heteroatoms. The molecule has 0 saturated carbocycles. The summed E-state index contributed by atoms with van der Waals surface area (Å²) in [4.78, 5) is 12.8. The van der Waals surface area contributed by atoms with Gasteiger partial charge in [0.1, 0.15) is 15.9 Å². The normalized spacial score (nSPS) is 10.7. The van der Waals surface area contributed by atoms with Crippen LogP contribution in [0.5, 0.6) is 0 Å². The molecule has 100 valence electrons. The number of thiazole rings is 1. The van der Waals surface area contributed by atoms with Gasteiger partial charge in [-0.25, -0.2) is 14.4 Å². The second-order valence-electron chi connectivity index (χ2n) is 3.97. The minimum Gasteiger partial charge on any atom is -0.260 e. The molecule has 0 radical (unpaired) electrons. The highest BCUT2D eigenvalue weighted by Crippen LogP contribution is 2.26. The Morgan fingerprint density at radius 2 is 2.00 bits per heavy atom. The second kappa shape index (κ2) is 6.11. The van der Waals surface area contributed by atoms with Crippen LogP contribution in [0.2, 0.25) is 0 Å². The summed E-state index contributed by atoms with van der Waals surface area (Å²) in [5.74, 6) is 0.521. The van der Waals surface area contributed by atoms with Gasteiger partial charge in [0, 0.05) is 23.3 Å². The van der Waals surface area contributed by atoms with E-state index in [1.807, 2.05) is 5.38 Å². The second-order valence-corrected chi connectivity index (χ2v) is 5.90. The average Bonchev–Trinajstić information content (AvgIpc) is 2.96. The Kier molecular flexibility index (Phi) is 4.03. The van der Waals surface area contributed by atoms with Crippen molar-refractivity contribution in [1.82, 2.24) is 15.0 Å². The average molecular weight is 303 g/mol. The molecule has 0 fully saturated rings. The van der Waals surface area contributed by atoms with Gasteiger partial charge in [0.05, 0.1) is 17.6 Å². The molecule has 0 aliphatic rings. The number of hydrogen-bond donors (Lipinski definition) is 0. The molecule has 0 spiro atoms. The number of thioether (sulfide) groups is 1. The standard InChI is InChI=1S/C14H10FN3S2/c15-11-3-1-10(2-4-11)12-8-19-14(18-12)9-20-13-7-16-5-6-17-13/h1-8H,9H2. The van der Waals surface area contributed by atoms with E-state index in [2.05, 4.69) is 15.0 Å². The third kappa shape index (κ3) is 3.20.